The SMILES string of the molecule is CC(CCNc1ncnn1C)NC(=O)OC(C)(C)C. The molecule has 1 rings (SSSR count). The average molecular weight is 269 g/mol. The summed E-state index contributed by atoms with van der Waals surface area (Å²) in [7, 11) is 1.82. The zero-order valence-corrected chi connectivity index (χ0v) is 12.2. The van der Waals surface area contributed by atoms with Gasteiger partial charge in [0.05, 0.1) is 0 Å². The average Bonchev–Trinajstić information content (AvgIpc) is 2.61. The van der Waals surface area contributed by atoms with Crippen LogP contribution in [0.1, 0.15) is 34.1 Å². The lowest BCUT2D eigenvalue weighted by molar-refractivity contribution is 0.0507. The second kappa shape index (κ2) is 6.40. The van der Waals surface area contributed by atoms with Gasteiger partial charge in [0.25, 0.3) is 0 Å². The van der Waals surface area contributed by atoms with E-state index in [9.17, 15) is 4.79 Å². The fourth-order valence-electron chi connectivity index (χ4n) is 1.44. The van der Waals surface area contributed by atoms with Crippen molar-refractivity contribution in [2.45, 2.75) is 45.8 Å². The highest BCUT2D eigenvalue weighted by atomic mass is 16.6. The second-order valence-electron chi connectivity index (χ2n) is 5.47. The Labute approximate surface area is 113 Å². The van der Waals surface area contributed by atoms with E-state index < -0.39 is 11.7 Å². The van der Waals surface area contributed by atoms with Crippen molar-refractivity contribution in [2.24, 2.45) is 7.05 Å². The predicted octanol–water partition coefficient (Wildman–Crippen LogP) is 1.53. The molecule has 7 heteroatoms. The van der Waals surface area contributed by atoms with Crippen LogP contribution in [-0.2, 0) is 11.8 Å². The van der Waals surface area contributed by atoms with Crippen LogP contribution in [-0.4, -0.2) is 39.0 Å². The molecule has 0 aliphatic heterocycles. The van der Waals surface area contributed by atoms with E-state index in [2.05, 4.69) is 20.7 Å². The van der Waals surface area contributed by atoms with Gasteiger partial charge in [0.15, 0.2) is 0 Å². The zero-order chi connectivity index (χ0) is 14.5. The fraction of sp³-hybridized carbons (Fsp3) is 0.750. The molecular formula is C12H23N5O2. The first-order valence-electron chi connectivity index (χ1n) is 6.35. The Morgan fingerprint density at radius 2 is 2.21 bits per heavy atom. The molecule has 0 aliphatic carbocycles. The molecule has 0 aliphatic rings. The Morgan fingerprint density at radius 3 is 2.74 bits per heavy atom. The molecule has 7 nitrogen and oxygen atoms in total. The number of aromatic nitrogens is 3. The topological polar surface area (TPSA) is 81.1 Å². The van der Waals surface area contributed by atoms with Gasteiger partial charge in [-0.2, -0.15) is 10.1 Å². The predicted molar refractivity (Wildman–Crippen MR) is 72.9 cm³/mol. The summed E-state index contributed by atoms with van der Waals surface area (Å²) in [6.45, 7) is 8.15. The van der Waals surface area contributed by atoms with E-state index in [1.54, 1.807) is 4.68 Å². The van der Waals surface area contributed by atoms with Crippen LogP contribution in [0, 0.1) is 0 Å². The van der Waals surface area contributed by atoms with Gasteiger partial charge in [0, 0.05) is 19.6 Å². The number of nitrogens with zero attached hydrogens (tertiary/aromatic N) is 3. The van der Waals surface area contributed by atoms with Crippen LogP contribution in [0.3, 0.4) is 0 Å². The Bertz CT molecular complexity index is 410. The fourth-order valence-corrected chi connectivity index (χ4v) is 1.44. The largest absolute Gasteiger partial charge is 0.444 e. The minimum Gasteiger partial charge on any atom is -0.444 e. The number of amides is 1. The summed E-state index contributed by atoms with van der Waals surface area (Å²) >= 11 is 0. The molecule has 0 aromatic carbocycles. The molecule has 1 heterocycles. The molecule has 1 atom stereocenters. The number of aryl methyl sites for hydroxylation is 1. The summed E-state index contributed by atoms with van der Waals surface area (Å²) in [4.78, 5) is 15.6. The van der Waals surface area contributed by atoms with Gasteiger partial charge in [-0.05, 0) is 34.1 Å². The van der Waals surface area contributed by atoms with Gasteiger partial charge >= 0.3 is 6.09 Å². The molecule has 1 aromatic heterocycles. The van der Waals surface area contributed by atoms with Crippen LogP contribution in [0.15, 0.2) is 6.33 Å². The van der Waals surface area contributed by atoms with Gasteiger partial charge in [0.2, 0.25) is 5.95 Å². The van der Waals surface area contributed by atoms with Gasteiger partial charge in [-0.15, -0.1) is 0 Å². The molecule has 1 aromatic rings. The summed E-state index contributed by atoms with van der Waals surface area (Å²) in [5, 5.41) is 9.89. The maximum atomic E-state index is 11.5. The van der Waals surface area contributed by atoms with Crippen molar-refractivity contribution in [3.8, 4) is 0 Å². The molecule has 0 spiro atoms. The maximum Gasteiger partial charge on any atom is 0.407 e. The molecule has 0 saturated carbocycles. The number of carbonyl (C=O) groups excluding carboxylic acids is 1. The minimum absolute atomic E-state index is 0.0237. The smallest absolute Gasteiger partial charge is 0.407 e. The number of nitrogens with one attached hydrogen (secondary N) is 2. The monoisotopic (exact) mass is 269 g/mol. The van der Waals surface area contributed by atoms with Gasteiger partial charge in [-0.25, -0.2) is 9.48 Å². The summed E-state index contributed by atoms with van der Waals surface area (Å²) in [6, 6.07) is 0.0237. The molecular weight excluding hydrogens is 246 g/mol. The van der Waals surface area contributed by atoms with Crippen molar-refractivity contribution in [1.29, 1.82) is 0 Å². The maximum absolute atomic E-state index is 11.5. The van der Waals surface area contributed by atoms with Crippen molar-refractivity contribution in [3.63, 3.8) is 0 Å². The van der Waals surface area contributed by atoms with Crippen molar-refractivity contribution in [3.05, 3.63) is 6.33 Å². The van der Waals surface area contributed by atoms with E-state index in [1.165, 1.54) is 6.33 Å². The first kappa shape index (κ1) is 15.3. The first-order valence-corrected chi connectivity index (χ1v) is 6.35. The van der Waals surface area contributed by atoms with Crippen LogP contribution in [0.2, 0.25) is 0 Å². The Kier molecular flexibility index (Phi) is 5.14. The molecule has 1 unspecified atom stereocenters. The van der Waals surface area contributed by atoms with Gasteiger partial charge in [-0.1, -0.05) is 0 Å². The van der Waals surface area contributed by atoms with Crippen molar-refractivity contribution in [2.75, 3.05) is 11.9 Å². The first-order chi connectivity index (χ1) is 8.78. The van der Waals surface area contributed by atoms with Gasteiger partial charge in [-0.3, -0.25) is 0 Å². The zero-order valence-electron chi connectivity index (χ0n) is 12.2. The Balaban J connectivity index is 2.23. The molecule has 0 radical (unpaired) electrons. The van der Waals surface area contributed by atoms with E-state index in [0.29, 0.717) is 12.5 Å². The number of carbonyl (C=O) groups is 1. The van der Waals surface area contributed by atoms with E-state index in [-0.39, 0.29) is 6.04 Å². The van der Waals surface area contributed by atoms with E-state index in [4.69, 9.17) is 4.74 Å². The van der Waals surface area contributed by atoms with Gasteiger partial charge in [0.1, 0.15) is 11.9 Å². The van der Waals surface area contributed by atoms with Crippen molar-refractivity contribution in [1.82, 2.24) is 20.1 Å². The normalized spacial score (nSPS) is 12.9. The van der Waals surface area contributed by atoms with Crippen LogP contribution < -0.4 is 10.6 Å². The summed E-state index contributed by atoms with van der Waals surface area (Å²) in [6.07, 6.45) is 1.87. The van der Waals surface area contributed by atoms with Gasteiger partial charge < -0.3 is 15.4 Å². The lowest BCUT2D eigenvalue weighted by atomic mass is 10.2. The van der Waals surface area contributed by atoms with Crippen LogP contribution in [0.5, 0.6) is 0 Å². The van der Waals surface area contributed by atoms with Crippen molar-refractivity contribution >= 4 is 12.0 Å². The quantitative estimate of drug-likeness (QED) is 0.847. The lowest BCUT2D eigenvalue weighted by Crippen LogP contribution is -2.38. The third-order valence-corrected chi connectivity index (χ3v) is 2.33. The Hall–Kier alpha value is -1.79. The molecule has 0 saturated heterocycles. The van der Waals surface area contributed by atoms with E-state index >= 15 is 0 Å². The standard InChI is InChI=1S/C12H23N5O2/c1-9(16-11(18)19-12(2,3)4)6-7-13-10-14-8-15-17(10)5/h8-9H,6-7H2,1-5H3,(H,16,18)(H,13,14,15). The summed E-state index contributed by atoms with van der Waals surface area (Å²) < 4.78 is 6.84. The van der Waals surface area contributed by atoms with E-state index in [1.807, 2.05) is 34.7 Å². The molecule has 0 fully saturated rings. The number of alkyl carbamates (subject to hydrolysis) is 1. The number of anilines is 1. The third-order valence-electron chi connectivity index (χ3n) is 2.33. The van der Waals surface area contributed by atoms with Crippen LogP contribution in [0.25, 0.3) is 0 Å². The molecule has 19 heavy (non-hydrogen) atoms. The highest BCUT2D eigenvalue weighted by Gasteiger charge is 2.17. The number of ether oxygens (including phenoxy) is 1. The lowest BCUT2D eigenvalue weighted by Gasteiger charge is -2.22. The second-order valence-corrected chi connectivity index (χ2v) is 5.47. The number of rotatable bonds is 5. The van der Waals surface area contributed by atoms with Crippen molar-refractivity contribution < 1.29 is 9.53 Å². The molecule has 1 amide bonds. The highest BCUT2D eigenvalue weighted by Crippen LogP contribution is 2.07. The highest BCUT2D eigenvalue weighted by molar-refractivity contribution is 5.68. The molecule has 0 bridgehead atoms. The number of hydrogen-bond donors (Lipinski definition) is 2. The van der Waals surface area contributed by atoms with Crippen LogP contribution >= 0.6 is 0 Å². The Morgan fingerprint density at radius 1 is 1.53 bits per heavy atom. The van der Waals surface area contributed by atoms with E-state index in [0.717, 1.165) is 6.42 Å². The third kappa shape index (κ3) is 6.08. The number of hydrogen-bond acceptors (Lipinski definition) is 5. The van der Waals surface area contributed by atoms with Crippen LogP contribution in [0.4, 0.5) is 10.7 Å². The minimum atomic E-state index is -0.472. The summed E-state index contributed by atoms with van der Waals surface area (Å²) in [5.74, 6) is 0.712. The molecule has 2 N–H and O–H groups in total. The molecule has 108 valence electrons. The summed E-state index contributed by atoms with van der Waals surface area (Å²) in [5.41, 5.74) is -0.472.